The van der Waals surface area contributed by atoms with Crippen molar-refractivity contribution in [1.29, 1.82) is 0 Å². The average molecular weight is 284 g/mol. The van der Waals surface area contributed by atoms with Gasteiger partial charge in [0.2, 0.25) is 0 Å². The molecule has 0 unspecified atom stereocenters. The standard InChI is InChI=1S/C18H24N2O/c1-13(2)19-11-17-18(10-7-15(4)20-17)21-12-16-8-5-14(3)6-9-16/h5-10,13,19H,11-12H2,1-4H3. The monoisotopic (exact) mass is 284 g/mol. The predicted molar refractivity (Wildman–Crippen MR) is 86.5 cm³/mol. The highest BCUT2D eigenvalue weighted by atomic mass is 16.5. The molecule has 112 valence electrons. The number of aryl methyl sites for hydroxylation is 2. The molecule has 0 spiro atoms. The summed E-state index contributed by atoms with van der Waals surface area (Å²) in [5, 5.41) is 3.39. The molecule has 2 aromatic rings. The van der Waals surface area contributed by atoms with Gasteiger partial charge in [0, 0.05) is 18.3 Å². The molecule has 0 radical (unpaired) electrons. The second kappa shape index (κ2) is 7.23. The molecule has 1 heterocycles. The lowest BCUT2D eigenvalue weighted by molar-refractivity contribution is 0.299. The lowest BCUT2D eigenvalue weighted by Crippen LogP contribution is -2.23. The smallest absolute Gasteiger partial charge is 0.142 e. The zero-order chi connectivity index (χ0) is 15.2. The summed E-state index contributed by atoms with van der Waals surface area (Å²) in [6.07, 6.45) is 0. The summed E-state index contributed by atoms with van der Waals surface area (Å²) in [6.45, 7) is 9.64. The first-order valence-corrected chi connectivity index (χ1v) is 7.43. The van der Waals surface area contributed by atoms with Gasteiger partial charge >= 0.3 is 0 Å². The summed E-state index contributed by atoms with van der Waals surface area (Å²) in [5.41, 5.74) is 4.41. The van der Waals surface area contributed by atoms with Crippen LogP contribution in [0.1, 0.15) is 36.4 Å². The van der Waals surface area contributed by atoms with Crippen molar-refractivity contribution in [2.45, 2.75) is 46.9 Å². The largest absolute Gasteiger partial charge is 0.487 e. The molecule has 0 saturated carbocycles. The Bertz CT molecular complexity index is 576. The van der Waals surface area contributed by atoms with E-state index in [9.17, 15) is 0 Å². The SMILES string of the molecule is Cc1ccc(COc2ccc(C)nc2CNC(C)C)cc1. The maximum Gasteiger partial charge on any atom is 0.142 e. The minimum atomic E-state index is 0.428. The van der Waals surface area contributed by atoms with Crippen LogP contribution in [0, 0.1) is 13.8 Å². The van der Waals surface area contributed by atoms with Gasteiger partial charge in [-0.2, -0.15) is 0 Å². The molecule has 0 aliphatic carbocycles. The Morgan fingerprint density at radius 3 is 2.43 bits per heavy atom. The van der Waals surface area contributed by atoms with Gasteiger partial charge in [0.05, 0.1) is 5.69 Å². The second-order valence-corrected chi connectivity index (χ2v) is 5.71. The van der Waals surface area contributed by atoms with Crippen molar-refractivity contribution < 1.29 is 4.74 Å². The fourth-order valence-electron chi connectivity index (χ4n) is 2.00. The van der Waals surface area contributed by atoms with Gasteiger partial charge in [0.15, 0.2) is 0 Å². The van der Waals surface area contributed by atoms with E-state index in [0.717, 1.165) is 23.7 Å². The maximum atomic E-state index is 5.95. The molecule has 2 rings (SSSR count). The van der Waals surface area contributed by atoms with Crippen molar-refractivity contribution in [3.05, 3.63) is 58.9 Å². The van der Waals surface area contributed by atoms with Gasteiger partial charge in [-0.05, 0) is 31.5 Å². The summed E-state index contributed by atoms with van der Waals surface area (Å²) in [6, 6.07) is 12.8. The van der Waals surface area contributed by atoms with E-state index in [1.807, 2.05) is 19.1 Å². The number of hydrogen-bond donors (Lipinski definition) is 1. The zero-order valence-corrected chi connectivity index (χ0v) is 13.3. The van der Waals surface area contributed by atoms with Gasteiger partial charge < -0.3 is 10.1 Å². The quantitative estimate of drug-likeness (QED) is 0.876. The third kappa shape index (κ3) is 4.87. The molecule has 1 aromatic carbocycles. The van der Waals surface area contributed by atoms with Crippen LogP contribution in [-0.4, -0.2) is 11.0 Å². The van der Waals surface area contributed by atoms with E-state index in [-0.39, 0.29) is 0 Å². The maximum absolute atomic E-state index is 5.95. The Labute approximate surface area is 127 Å². The number of nitrogens with one attached hydrogen (secondary N) is 1. The van der Waals surface area contributed by atoms with Gasteiger partial charge in [0.1, 0.15) is 12.4 Å². The first-order chi connectivity index (χ1) is 10.0. The van der Waals surface area contributed by atoms with E-state index in [1.54, 1.807) is 0 Å². The molecular weight excluding hydrogens is 260 g/mol. The van der Waals surface area contributed by atoms with Crippen molar-refractivity contribution >= 4 is 0 Å². The van der Waals surface area contributed by atoms with Gasteiger partial charge in [-0.3, -0.25) is 4.98 Å². The normalized spacial score (nSPS) is 10.9. The Kier molecular flexibility index (Phi) is 5.34. The fraction of sp³-hybridized carbons (Fsp3) is 0.389. The third-order valence-corrected chi connectivity index (χ3v) is 3.26. The highest BCUT2D eigenvalue weighted by molar-refractivity contribution is 5.30. The minimum Gasteiger partial charge on any atom is -0.487 e. The summed E-state index contributed by atoms with van der Waals surface area (Å²) >= 11 is 0. The summed E-state index contributed by atoms with van der Waals surface area (Å²) < 4.78 is 5.95. The molecule has 1 N–H and O–H groups in total. The van der Waals surface area contributed by atoms with E-state index in [0.29, 0.717) is 12.6 Å². The number of benzene rings is 1. The van der Waals surface area contributed by atoms with Crippen LogP contribution in [0.4, 0.5) is 0 Å². The zero-order valence-electron chi connectivity index (χ0n) is 13.3. The fourth-order valence-corrected chi connectivity index (χ4v) is 2.00. The van der Waals surface area contributed by atoms with Crippen LogP contribution in [0.2, 0.25) is 0 Å². The predicted octanol–water partition coefficient (Wildman–Crippen LogP) is 3.78. The first kappa shape index (κ1) is 15.5. The Morgan fingerprint density at radius 2 is 1.76 bits per heavy atom. The van der Waals surface area contributed by atoms with Gasteiger partial charge in [-0.15, -0.1) is 0 Å². The average Bonchev–Trinajstić information content (AvgIpc) is 2.45. The molecule has 0 aliphatic rings. The van der Waals surface area contributed by atoms with Crippen LogP contribution in [0.15, 0.2) is 36.4 Å². The Morgan fingerprint density at radius 1 is 1.05 bits per heavy atom. The molecule has 0 fully saturated rings. The minimum absolute atomic E-state index is 0.428. The number of ether oxygens (including phenoxy) is 1. The van der Waals surface area contributed by atoms with Crippen LogP contribution in [0.3, 0.4) is 0 Å². The molecular formula is C18H24N2O. The van der Waals surface area contributed by atoms with Crippen molar-refractivity contribution in [1.82, 2.24) is 10.3 Å². The van der Waals surface area contributed by atoms with Gasteiger partial charge in [0.25, 0.3) is 0 Å². The van der Waals surface area contributed by atoms with Crippen LogP contribution >= 0.6 is 0 Å². The third-order valence-electron chi connectivity index (χ3n) is 3.26. The van der Waals surface area contributed by atoms with Crippen LogP contribution in [0.5, 0.6) is 5.75 Å². The van der Waals surface area contributed by atoms with Crippen LogP contribution in [0.25, 0.3) is 0 Å². The summed E-state index contributed by atoms with van der Waals surface area (Å²) in [4.78, 5) is 4.58. The van der Waals surface area contributed by atoms with Crippen LogP contribution < -0.4 is 10.1 Å². The summed E-state index contributed by atoms with van der Waals surface area (Å²) in [7, 11) is 0. The molecule has 1 aromatic heterocycles. The summed E-state index contributed by atoms with van der Waals surface area (Å²) in [5.74, 6) is 0.856. The molecule has 21 heavy (non-hydrogen) atoms. The lowest BCUT2D eigenvalue weighted by atomic mass is 10.2. The van der Waals surface area contributed by atoms with E-state index >= 15 is 0 Å². The van der Waals surface area contributed by atoms with Gasteiger partial charge in [-0.25, -0.2) is 0 Å². The molecule has 0 amide bonds. The van der Waals surface area contributed by atoms with Crippen molar-refractivity contribution in [3.63, 3.8) is 0 Å². The molecule has 0 bridgehead atoms. The van der Waals surface area contributed by atoms with Crippen molar-refractivity contribution in [3.8, 4) is 5.75 Å². The Balaban J connectivity index is 2.06. The van der Waals surface area contributed by atoms with Crippen molar-refractivity contribution in [2.24, 2.45) is 0 Å². The molecule has 3 nitrogen and oxygen atoms in total. The number of pyridine rings is 1. The second-order valence-electron chi connectivity index (χ2n) is 5.71. The van der Waals surface area contributed by atoms with E-state index < -0.39 is 0 Å². The van der Waals surface area contributed by atoms with E-state index in [1.165, 1.54) is 11.1 Å². The highest BCUT2D eigenvalue weighted by Crippen LogP contribution is 2.19. The molecule has 0 atom stereocenters. The topological polar surface area (TPSA) is 34.1 Å². The Hall–Kier alpha value is -1.87. The van der Waals surface area contributed by atoms with Crippen molar-refractivity contribution in [2.75, 3.05) is 0 Å². The number of aromatic nitrogens is 1. The molecule has 0 aliphatic heterocycles. The van der Waals surface area contributed by atoms with Gasteiger partial charge in [-0.1, -0.05) is 43.7 Å². The van der Waals surface area contributed by atoms with Crippen LogP contribution in [-0.2, 0) is 13.2 Å². The number of rotatable bonds is 6. The van der Waals surface area contributed by atoms with E-state index in [2.05, 4.69) is 55.3 Å². The molecule has 0 saturated heterocycles. The number of nitrogens with zero attached hydrogens (tertiary/aromatic N) is 1. The molecule has 3 heteroatoms. The first-order valence-electron chi connectivity index (χ1n) is 7.43. The van der Waals surface area contributed by atoms with E-state index in [4.69, 9.17) is 4.74 Å². The lowest BCUT2D eigenvalue weighted by Gasteiger charge is -2.14. The highest BCUT2D eigenvalue weighted by Gasteiger charge is 2.07. The number of hydrogen-bond acceptors (Lipinski definition) is 3.